The molecule has 2 amide bonds. The molecule has 8 nitrogen and oxygen atoms in total. The largest absolute Gasteiger partial charge is 0.331 e. The number of nitrogens with zero attached hydrogens (tertiary/aromatic N) is 4. The van der Waals surface area contributed by atoms with Crippen LogP contribution in [0, 0.1) is 0 Å². The fraction of sp³-hybridized carbons (Fsp3) is 0.474. The van der Waals surface area contributed by atoms with Gasteiger partial charge < -0.3 is 10.2 Å². The molecule has 10 heteroatoms. The Balaban J connectivity index is 1.37. The third-order valence-electron chi connectivity index (χ3n) is 5.65. The average Bonchev–Trinajstić information content (AvgIpc) is 3.10. The number of nitrogens with one attached hydrogen (secondary N) is 1. The van der Waals surface area contributed by atoms with E-state index >= 15 is 0 Å². The Hall–Kier alpha value is -2.10. The summed E-state index contributed by atoms with van der Waals surface area (Å²) in [4.78, 5) is 14.6. The van der Waals surface area contributed by atoms with Crippen LogP contribution in [0.15, 0.2) is 35.4 Å². The molecule has 29 heavy (non-hydrogen) atoms. The van der Waals surface area contributed by atoms with E-state index in [0.29, 0.717) is 18.1 Å². The minimum atomic E-state index is -3.59. The molecule has 2 heterocycles. The fourth-order valence-electron chi connectivity index (χ4n) is 3.98. The summed E-state index contributed by atoms with van der Waals surface area (Å²) in [6.45, 7) is 1.24. The third-order valence-corrected chi connectivity index (χ3v) is 7.82. The van der Waals surface area contributed by atoms with Crippen LogP contribution in [0.5, 0.6) is 0 Å². The maximum atomic E-state index is 12.8. The molecule has 1 unspecified atom stereocenters. The maximum Gasteiger partial charge on any atom is 0.317 e. The lowest BCUT2D eigenvalue weighted by Gasteiger charge is -2.35. The SMILES string of the molecule is Cn1ncc2c1CCCC2NC(=O)N1CCN(S(=O)(=O)c2ccc(Cl)cc2)CC1. The molecule has 1 fully saturated rings. The zero-order valence-electron chi connectivity index (χ0n) is 16.2. The molecule has 0 radical (unpaired) electrons. The van der Waals surface area contributed by atoms with Crippen molar-refractivity contribution in [2.75, 3.05) is 26.2 Å². The predicted molar refractivity (Wildman–Crippen MR) is 109 cm³/mol. The van der Waals surface area contributed by atoms with Crippen molar-refractivity contribution in [2.24, 2.45) is 7.05 Å². The Morgan fingerprint density at radius 2 is 1.86 bits per heavy atom. The lowest BCUT2D eigenvalue weighted by Crippen LogP contribution is -2.53. The van der Waals surface area contributed by atoms with Crippen molar-refractivity contribution in [3.63, 3.8) is 0 Å². The Morgan fingerprint density at radius 3 is 2.55 bits per heavy atom. The van der Waals surface area contributed by atoms with E-state index in [1.54, 1.807) is 17.0 Å². The van der Waals surface area contributed by atoms with Crippen LogP contribution in [0.4, 0.5) is 4.79 Å². The number of carbonyl (C=O) groups is 1. The summed E-state index contributed by atoms with van der Waals surface area (Å²) in [5.74, 6) is 0. The molecule has 156 valence electrons. The van der Waals surface area contributed by atoms with Crippen LogP contribution in [0.2, 0.25) is 5.02 Å². The van der Waals surface area contributed by atoms with Gasteiger partial charge in [-0.1, -0.05) is 11.6 Å². The van der Waals surface area contributed by atoms with Gasteiger partial charge in [0.05, 0.1) is 17.1 Å². The van der Waals surface area contributed by atoms with Gasteiger partial charge in [-0.05, 0) is 43.5 Å². The summed E-state index contributed by atoms with van der Waals surface area (Å²) in [5.41, 5.74) is 2.25. The summed E-state index contributed by atoms with van der Waals surface area (Å²) >= 11 is 5.85. The molecule has 1 aliphatic heterocycles. The molecule has 2 aliphatic rings. The molecule has 1 aromatic carbocycles. The van der Waals surface area contributed by atoms with Crippen molar-refractivity contribution in [3.05, 3.63) is 46.7 Å². The monoisotopic (exact) mass is 437 g/mol. The van der Waals surface area contributed by atoms with Gasteiger partial charge in [0.1, 0.15) is 0 Å². The molecule has 4 rings (SSSR count). The number of aromatic nitrogens is 2. The van der Waals surface area contributed by atoms with Gasteiger partial charge in [0.15, 0.2) is 0 Å². The molecular weight excluding hydrogens is 414 g/mol. The van der Waals surface area contributed by atoms with Crippen LogP contribution >= 0.6 is 11.6 Å². The Labute approximate surface area is 175 Å². The third kappa shape index (κ3) is 3.99. The van der Waals surface area contributed by atoms with E-state index in [-0.39, 0.29) is 30.1 Å². The van der Waals surface area contributed by atoms with Gasteiger partial charge in [-0.2, -0.15) is 9.40 Å². The van der Waals surface area contributed by atoms with E-state index in [4.69, 9.17) is 11.6 Å². The fourth-order valence-corrected chi connectivity index (χ4v) is 5.53. The first kappa shape index (κ1) is 20.2. The van der Waals surface area contributed by atoms with Gasteiger partial charge in [0, 0.05) is 49.5 Å². The maximum absolute atomic E-state index is 12.8. The second-order valence-corrected chi connectivity index (χ2v) is 9.78. The standard InChI is InChI=1S/C19H24ClN5O3S/c1-23-18-4-2-3-17(16(18)13-21-23)22-19(26)24-9-11-25(12-10-24)29(27,28)15-7-5-14(20)6-8-15/h5-8,13,17H,2-4,9-12H2,1H3,(H,22,26). The van der Waals surface area contributed by atoms with Crippen molar-refractivity contribution in [1.29, 1.82) is 0 Å². The number of amides is 2. The number of piperazine rings is 1. The average molecular weight is 438 g/mol. The number of hydrogen-bond acceptors (Lipinski definition) is 4. The number of urea groups is 1. The van der Waals surface area contributed by atoms with Crippen molar-refractivity contribution in [1.82, 2.24) is 24.3 Å². The smallest absolute Gasteiger partial charge is 0.317 e. The van der Waals surface area contributed by atoms with Gasteiger partial charge in [0.25, 0.3) is 0 Å². The van der Waals surface area contributed by atoms with Crippen LogP contribution in [-0.4, -0.2) is 59.6 Å². The van der Waals surface area contributed by atoms with E-state index < -0.39 is 10.0 Å². The summed E-state index contributed by atoms with van der Waals surface area (Å²) in [7, 11) is -1.67. The van der Waals surface area contributed by atoms with Crippen LogP contribution in [0.25, 0.3) is 0 Å². The molecule has 1 atom stereocenters. The highest BCUT2D eigenvalue weighted by molar-refractivity contribution is 7.89. The summed E-state index contributed by atoms with van der Waals surface area (Å²) < 4.78 is 28.9. The zero-order chi connectivity index (χ0) is 20.6. The molecule has 0 bridgehead atoms. The van der Waals surface area contributed by atoms with Gasteiger partial charge >= 0.3 is 6.03 Å². The number of sulfonamides is 1. The molecular formula is C19H24ClN5O3S. The first-order chi connectivity index (χ1) is 13.9. The van der Waals surface area contributed by atoms with E-state index in [1.807, 2.05) is 17.9 Å². The van der Waals surface area contributed by atoms with Crippen LogP contribution in [0.3, 0.4) is 0 Å². The summed E-state index contributed by atoms with van der Waals surface area (Å²) in [5, 5.41) is 7.90. The molecule has 0 spiro atoms. The minimum Gasteiger partial charge on any atom is -0.331 e. The van der Waals surface area contributed by atoms with Gasteiger partial charge in [-0.15, -0.1) is 0 Å². The van der Waals surface area contributed by atoms with Crippen molar-refractivity contribution >= 4 is 27.7 Å². The highest BCUT2D eigenvalue weighted by Crippen LogP contribution is 2.29. The van der Waals surface area contributed by atoms with E-state index in [9.17, 15) is 13.2 Å². The normalized spacial score (nSPS) is 20.3. The van der Waals surface area contributed by atoms with Crippen molar-refractivity contribution in [2.45, 2.75) is 30.2 Å². The van der Waals surface area contributed by atoms with E-state index in [1.165, 1.54) is 22.1 Å². The lowest BCUT2D eigenvalue weighted by molar-refractivity contribution is 0.168. The lowest BCUT2D eigenvalue weighted by atomic mass is 9.93. The minimum absolute atomic E-state index is 0.0456. The zero-order valence-corrected chi connectivity index (χ0v) is 17.8. The first-order valence-corrected chi connectivity index (χ1v) is 11.5. The number of hydrogen-bond donors (Lipinski definition) is 1. The molecule has 1 aromatic heterocycles. The molecule has 0 saturated carbocycles. The molecule has 1 N–H and O–H groups in total. The Kier molecular flexibility index (Phi) is 5.54. The highest BCUT2D eigenvalue weighted by atomic mass is 35.5. The highest BCUT2D eigenvalue weighted by Gasteiger charge is 2.32. The van der Waals surface area contributed by atoms with Crippen LogP contribution in [-0.2, 0) is 23.5 Å². The quantitative estimate of drug-likeness (QED) is 0.797. The number of carbonyl (C=O) groups excluding carboxylic acids is 1. The number of benzene rings is 1. The Bertz CT molecular complexity index is 997. The Morgan fingerprint density at radius 1 is 1.17 bits per heavy atom. The topological polar surface area (TPSA) is 87.5 Å². The summed E-state index contributed by atoms with van der Waals surface area (Å²) in [6.07, 6.45) is 4.69. The number of rotatable bonds is 3. The van der Waals surface area contributed by atoms with E-state index in [0.717, 1.165) is 24.8 Å². The van der Waals surface area contributed by atoms with Gasteiger partial charge in [0.2, 0.25) is 10.0 Å². The number of fused-ring (bicyclic) bond motifs is 1. The second-order valence-electron chi connectivity index (χ2n) is 7.41. The first-order valence-electron chi connectivity index (χ1n) is 9.68. The number of aryl methyl sites for hydroxylation is 1. The molecule has 1 saturated heterocycles. The molecule has 1 aliphatic carbocycles. The summed E-state index contributed by atoms with van der Waals surface area (Å²) in [6, 6.07) is 5.94. The predicted octanol–water partition coefficient (Wildman–Crippen LogP) is 2.17. The van der Waals surface area contributed by atoms with Crippen molar-refractivity contribution < 1.29 is 13.2 Å². The van der Waals surface area contributed by atoms with Crippen molar-refractivity contribution in [3.8, 4) is 0 Å². The number of halogens is 1. The molecule has 2 aromatic rings. The van der Waals surface area contributed by atoms with Crippen LogP contribution in [0.1, 0.15) is 30.1 Å². The van der Waals surface area contributed by atoms with Gasteiger partial charge in [-0.25, -0.2) is 13.2 Å². The van der Waals surface area contributed by atoms with Gasteiger partial charge in [-0.3, -0.25) is 4.68 Å². The van der Waals surface area contributed by atoms with E-state index in [2.05, 4.69) is 10.4 Å². The second kappa shape index (κ2) is 7.97. The van der Waals surface area contributed by atoms with Crippen LogP contribution < -0.4 is 5.32 Å².